The van der Waals surface area contributed by atoms with Gasteiger partial charge in [-0.3, -0.25) is 4.79 Å². The Kier molecular flexibility index (Phi) is 6.31. The highest BCUT2D eigenvalue weighted by Gasteiger charge is 1.98. The minimum atomic E-state index is -0.477. The van der Waals surface area contributed by atoms with Gasteiger partial charge in [0.1, 0.15) is 6.61 Å². The Morgan fingerprint density at radius 1 is 1.46 bits per heavy atom. The third kappa shape index (κ3) is 6.86. The lowest BCUT2D eigenvalue weighted by atomic mass is 10.5. The fourth-order valence-electron chi connectivity index (χ4n) is 0.585. The number of rotatable bonds is 5. The van der Waals surface area contributed by atoms with Crippen LogP contribution in [0.25, 0.3) is 0 Å². The highest BCUT2D eigenvalue weighted by atomic mass is 16.5. The van der Waals surface area contributed by atoms with Crippen LogP contribution in [0, 0.1) is 0 Å². The van der Waals surface area contributed by atoms with Crippen LogP contribution in [0.2, 0.25) is 0 Å². The Morgan fingerprint density at radius 2 is 2.15 bits per heavy atom. The first-order valence-corrected chi connectivity index (χ1v) is 4.01. The van der Waals surface area contributed by atoms with Crippen molar-refractivity contribution in [2.75, 3.05) is 19.7 Å². The molecule has 0 aromatic rings. The Balaban J connectivity index is 3.30. The maximum Gasteiger partial charge on any atom is 0.407 e. The molecular formula is C8H14N2O3. The van der Waals surface area contributed by atoms with Crippen molar-refractivity contribution in [1.29, 1.82) is 0 Å². The highest BCUT2D eigenvalue weighted by Crippen LogP contribution is 1.76. The number of carbonyl (C=O) groups is 2. The van der Waals surface area contributed by atoms with E-state index in [1.165, 1.54) is 0 Å². The van der Waals surface area contributed by atoms with E-state index >= 15 is 0 Å². The standard InChI is InChI=1S/C8H14N2O3/c1-3-7(11)10-5-6-13-8(12)9-4-2/h3H,1,4-6H2,2H3,(H,9,12)(H,10,11). The summed E-state index contributed by atoms with van der Waals surface area (Å²) >= 11 is 0. The smallest absolute Gasteiger partial charge is 0.407 e. The number of carbonyl (C=O) groups excluding carboxylic acids is 2. The number of ether oxygens (including phenoxy) is 1. The zero-order valence-corrected chi connectivity index (χ0v) is 7.63. The summed E-state index contributed by atoms with van der Waals surface area (Å²) in [5.41, 5.74) is 0. The van der Waals surface area contributed by atoms with Gasteiger partial charge in [0.2, 0.25) is 5.91 Å². The Labute approximate surface area is 77.1 Å². The molecule has 0 spiro atoms. The molecule has 2 N–H and O–H groups in total. The zero-order chi connectivity index (χ0) is 10.1. The molecule has 2 amide bonds. The van der Waals surface area contributed by atoms with Gasteiger partial charge in [0.25, 0.3) is 0 Å². The molecule has 0 aliphatic heterocycles. The monoisotopic (exact) mass is 186 g/mol. The van der Waals surface area contributed by atoms with Gasteiger partial charge >= 0.3 is 6.09 Å². The molecule has 0 heterocycles. The van der Waals surface area contributed by atoms with Crippen LogP contribution in [0.15, 0.2) is 12.7 Å². The van der Waals surface area contributed by atoms with E-state index in [1.807, 2.05) is 0 Å². The molecule has 0 bridgehead atoms. The molecule has 74 valence electrons. The molecule has 0 atom stereocenters. The molecule has 0 unspecified atom stereocenters. The number of hydrogen-bond acceptors (Lipinski definition) is 3. The summed E-state index contributed by atoms with van der Waals surface area (Å²) in [6, 6.07) is 0. The van der Waals surface area contributed by atoms with E-state index < -0.39 is 6.09 Å². The van der Waals surface area contributed by atoms with Crippen LogP contribution in [-0.4, -0.2) is 31.7 Å². The summed E-state index contributed by atoms with van der Waals surface area (Å²) in [5, 5.41) is 4.92. The predicted octanol–water partition coefficient (Wildman–Crippen LogP) is 0.0347. The van der Waals surface area contributed by atoms with Crippen molar-refractivity contribution in [3.8, 4) is 0 Å². The predicted molar refractivity (Wildman–Crippen MR) is 48.2 cm³/mol. The van der Waals surface area contributed by atoms with Crippen LogP contribution in [0.4, 0.5) is 4.79 Å². The molecule has 5 heteroatoms. The minimum absolute atomic E-state index is 0.158. The van der Waals surface area contributed by atoms with Gasteiger partial charge in [0.05, 0.1) is 6.54 Å². The summed E-state index contributed by atoms with van der Waals surface area (Å²) in [7, 11) is 0. The van der Waals surface area contributed by atoms with Crippen molar-refractivity contribution in [3.63, 3.8) is 0 Å². The average molecular weight is 186 g/mol. The van der Waals surface area contributed by atoms with E-state index in [0.29, 0.717) is 13.1 Å². The lowest BCUT2D eigenvalue weighted by Crippen LogP contribution is -2.29. The largest absolute Gasteiger partial charge is 0.448 e. The van der Waals surface area contributed by atoms with Crippen molar-refractivity contribution in [3.05, 3.63) is 12.7 Å². The minimum Gasteiger partial charge on any atom is -0.448 e. The van der Waals surface area contributed by atoms with Gasteiger partial charge in [-0.25, -0.2) is 4.79 Å². The van der Waals surface area contributed by atoms with Crippen LogP contribution in [0.5, 0.6) is 0 Å². The quantitative estimate of drug-likeness (QED) is 0.470. The summed E-state index contributed by atoms with van der Waals surface area (Å²) in [6.45, 7) is 6.04. The van der Waals surface area contributed by atoms with Gasteiger partial charge in [-0.15, -0.1) is 0 Å². The lowest BCUT2D eigenvalue weighted by Gasteiger charge is -2.04. The van der Waals surface area contributed by atoms with Crippen LogP contribution in [-0.2, 0) is 9.53 Å². The molecule has 0 rings (SSSR count). The molecular weight excluding hydrogens is 172 g/mol. The number of nitrogens with one attached hydrogen (secondary N) is 2. The van der Waals surface area contributed by atoms with Gasteiger partial charge in [-0.1, -0.05) is 6.58 Å². The van der Waals surface area contributed by atoms with Crippen molar-refractivity contribution in [2.45, 2.75) is 6.92 Å². The maximum absolute atomic E-state index is 10.7. The molecule has 0 aromatic heterocycles. The van der Waals surface area contributed by atoms with Crippen molar-refractivity contribution >= 4 is 12.0 Å². The second-order valence-electron chi connectivity index (χ2n) is 2.16. The van der Waals surface area contributed by atoms with E-state index in [9.17, 15) is 9.59 Å². The van der Waals surface area contributed by atoms with Gasteiger partial charge < -0.3 is 15.4 Å². The summed E-state index contributed by atoms with van der Waals surface area (Å²) in [4.78, 5) is 21.3. The topological polar surface area (TPSA) is 67.4 Å². The highest BCUT2D eigenvalue weighted by molar-refractivity contribution is 5.86. The number of hydrogen-bond donors (Lipinski definition) is 2. The molecule has 0 radical (unpaired) electrons. The number of amides is 2. The van der Waals surface area contributed by atoms with Gasteiger partial charge in [0, 0.05) is 6.54 Å². The molecule has 0 saturated carbocycles. The van der Waals surface area contributed by atoms with E-state index in [1.54, 1.807) is 6.92 Å². The molecule has 13 heavy (non-hydrogen) atoms. The normalized spacial score (nSPS) is 8.69. The first-order chi connectivity index (χ1) is 6.20. The van der Waals surface area contributed by atoms with Crippen molar-refractivity contribution in [2.24, 2.45) is 0 Å². The lowest BCUT2D eigenvalue weighted by molar-refractivity contribution is -0.116. The van der Waals surface area contributed by atoms with Gasteiger partial charge in [0.15, 0.2) is 0 Å². The second kappa shape index (κ2) is 7.15. The summed E-state index contributed by atoms with van der Waals surface area (Å²) in [6.07, 6.45) is 0.682. The average Bonchev–Trinajstić information content (AvgIpc) is 2.12. The Morgan fingerprint density at radius 3 is 2.69 bits per heavy atom. The zero-order valence-electron chi connectivity index (χ0n) is 7.63. The van der Waals surface area contributed by atoms with E-state index in [4.69, 9.17) is 0 Å². The molecule has 0 aliphatic carbocycles. The summed E-state index contributed by atoms with van der Waals surface area (Å²) < 4.78 is 4.68. The van der Waals surface area contributed by atoms with Crippen molar-refractivity contribution < 1.29 is 14.3 Å². The van der Waals surface area contributed by atoms with Gasteiger partial charge in [-0.05, 0) is 13.0 Å². The fourth-order valence-corrected chi connectivity index (χ4v) is 0.585. The second-order valence-corrected chi connectivity index (χ2v) is 2.16. The van der Waals surface area contributed by atoms with Crippen LogP contribution >= 0.6 is 0 Å². The third-order valence-corrected chi connectivity index (χ3v) is 1.14. The van der Waals surface area contributed by atoms with E-state index in [2.05, 4.69) is 21.9 Å². The molecule has 0 saturated heterocycles. The maximum atomic E-state index is 10.7. The fraction of sp³-hybridized carbons (Fsp3) is 0.500. The molecule has 0 aromatic carbocycles. The van der Waals surface area contributed by atoms with Gasteiger partial charge in [-0.2, -0.15) is 0 Å². The van der Waals surface area contributed by atoms with Crippen molar-refractivity contribution in [1.82, 2.24) is 10.6 Å². The first kappa shape index (κ1) is 11.5. The number of alkyl carbamates (subject to hydrolysis) is 1. The summed E-state index contributed by atoms with van der Waals surface area (Å²) in [5.74, 6) is -0.278. The third-order valence-electron chi connectivity index (χ3n) is 1.14. The SMILES string of the molecule is C=CC(=O)NCCOC(=O)NCC. The van der Waals surface area contributed by atoms with E-state index in [-0.39, 0.29) is 12.5 Å². The van der Waals surface area contributed by atoms with Crippen LogP contribution in [0.1, 0.15) is 6.92 Å². The molecule has 0 aliphatic rings. The Hall–Kier alpha value is -1.52. The Bertz CT molecular complexity index is 192. The first-order valence-electron chi connectivity index (χ1n) is 4.01. The van der Waals surface area contributed by atoms with Crippen LogP contribution in [0.3, 0.4) is 0 Å². The molecule has 5 nitrogen and oxygen atoms in total. The van der Waals surface area contributed by atoms with E-state index in [0.717, 1.165) is 6.08 Å². The van der Waals surface area contributed by atoms with Crippen LogP contribution < -0.4 is 10.6 Å². The molecule has 0 fully saturated rings.